The molecule has 0 radical (unpaired) electrons. The molecule has 0 aliphatic carbocycles. The number of methoxy groups -OCH3 is 1. The van der Waals surface area contributed by atoms with Crippen molar-refractivity contribution in [3.8, 4) is 5.75 Å². The van der Waals surface area contributed by atoms with Crippen LogP contribution < -0.4 is 15.8 Å². The van der Waals surface area contributed by atoms with Crippen LogP contribution in [0.15, 0.2) is 16.6 Å². The second kappa shape index (κ2) is 4.61. The van der Waals surface area contributed by atoms with Gasteiger partial charge < -0.3 is 15.8 Å². The van der Waals surface area contributed by atoms with Gasteiger partial charge in [0.25, 0.3) is 0 Å². The van der Waals surface area contributed by atoms with Crippen molar-refractivity contribution in [3.05, 3.63) is 22.2 Å². The summed E-state index contributed by atoms with van der Waals surface area (Å²) in [6.45, 7) is 1.95. The molecule has 0 amide bonds. The molecule has 1 aromatic rings. The Morgan fingerprint density at radius 3 is 2.71 bits per heavy atom. The maximum Gasteiger partial charge on any atom is 0.168 e. The summed E-state index contributed by atoms with van der Waals surface area (Å²) in [5.74, 6) is 0.721. The minimum Gasteiger partial charge on any atom is -0.495 e. The Balaban J connectivity index is 3.20. The summed E-state index contributed by atoms with van der Waals surface area (Å²) < 4.78 is 6.17. The molecular formula is C9H11BrN2OS. The van der Waals surface area contributed by atoms with Crippen LogP contribution in [0.4, 0.5) is 5.69 Å². The summed E-state index contributed by atoms with van der Waals surface area (Å²) in [4.78, 5) is 0. The Bertz CT molecular complexity index is 368. The van der Waals surface area contributed by atoms with Crippen molar-refractivity contribution < 1.29 is 4.74 Å². The van der Waals surface area contributed by atoms with Gasteiger partial charge in [-0.3, -0.25) is 0 Å². The van der Waals surface area contributed by atoms with E-state index in [4.69, 9.17) is 22.7 Å². The van der Waals surface area contributed by atoms with Crippen LogP contribution >= 0.6 is 28.1 Å². The van der Waals surface area contributed by atoms with Crippen LogP contribution in [0.25, 0.3) is 0 Å². The van der Waals surface area contributed by atoms with Crippen molar-refractivity contribution in [2.24, 2.45) is 5.73 Å². The molecule has 0 fully saturated rings. The molecule has 0 bridgehead atoms. The highest BCUT2D eigenvalue weighted by atomic mass is 79.9. The second-order valence-electron chi connectivity index (χ2n) is 2.74. The van der Waals surface area contributed by atoms with E-state index in [1.807, 2.05) is 19.1 Å². The average molecular weight is 275 g/mol. The standard InChI is InChI=1S/C9H11BrN2OS/c1-5-6(10)3-4-7(13-2)8(5)12-9(11)14/h3-4H,1-2H3,(H3,11,12,14). The number of benzene rings is 1. The zero-order valence-corrected chi connectivity index (χ0v) is 10.3. The molecule has 0 spiro atoms. The maximum absolute atomic E-state index is 5.42. The number of hydrogen-bond donors (Lipinski definition) is 2. The maximum atomic E-state index is 5.42. The number of anilines is 1. The Labute approximate surface area is 96.8 Å². The average Bonchev–Trinajstić information content (AvgIpc) is 2.13. The highest BCUT2D eigenvalue weighted by Crippen LogP contribution is 2.32. The van der Waals surface area contributed by atoms with Crippen LogP contribution in [-0.2, 0) is 0 Å². The van der Waals surface area contributed by atoms with Crippen LogP contribution in [0, 0.1) is 6.92 Å². The molecule has 0 aliphatic rings. The molecule has 0 aromatic heterocycles. The topological polar surface area (TPSA) is 47.3 Å². The van der Waals surface area contributed by atoms with Gasteiger partial charge in [0.05, 0.1) is 12.8 Å². The van der Waals surface area contributed by atoms with Crippen LogP contribution in [0.5, 0.6) is 5.75 Å². The fourth-order valence-electron chi connectivity index (χ4n) is 1.11. The van der Waals surface area contributed by atoms with Gasteiger partial charge in [0, 0.05) is 4.47 Å². The van der Waals surface area contributed by atoms with E-state index in [1.54, 1.807) is 7.11 Å². The number of hydrogen-bond acceptors (Lipinski definition) is 2. The minimum atomic E-state index is 0.226. The fraction of sp³-hybridized carbons (Fsp3) is 0.222. The van der Waals surface area contributed by atoms with Gasteiger partial charge >= 0.3 is 0 Å². The highest BCUT2D eigenvalue weighted by Gasteiger charge is 2.09. The van der Waals surface area contributed by atoms with Crippen molar-refractivity contribution in [3.63, 3.8) is 0 Å². The Hall–Kier alpha value is -0.810. The van der Waals surface area contributed by atoms with Crippen LogP contribution in [-0.4, -0.2) is 12.2 Å². The second-order valence-corrected chi connectivity index (χ2v) is 4.03. The SMILES string of the molecule is COc1ccc(Br)c(C)c1NC(N)=S. The molecular weight excluding hydrogens is 264 g/mol. The number of halogens is 1. The van der Waals surface area contributed by atoms with Crippen LogP contribution in [0.2, 0.25) is 0 Å². The summed E-state index contributed by atoms with van der Waals surface area (Å²) in [7, 11) is 1.60. The van der Waals surface area contributed by atoms with Gasteiger partial charge in [-0.15, -0.1) is 0 Å². The van der Waals surface area contributed by atoms with Crippen molar-refractivity contribution in [2.45, 2.75) is 6.92 Å². The number of nitrogens with one attached hydrogen (secondary N) is 1. The van der Waals surface area contributed by atoms with Gasteiger partial charge in [-0.25, -0.2) is 0 Å². The minimum absolute atomic E-state index is 0.226. The quantitative estimate of drug-likeness (QED) is 0.814. The van der Waals surface area contributed by atoms with Gasteiger partial charge in [-0.2, -0.15) is 0 Å². The van der Waals surface area contributed by atoms with E-state index in [-0.39, 0.29) is 5.11 Å². The molecule has 0 saturated heterocycles. The molecule has 0 aliphatic heterocycles. The van der Waals surface area contributed by atoms with E-state index in [0.29, 0.717) is 0 Å². The van der Waals surface area contributed by atoms with E-state index in [9.17, 15) is 0 Å². The number of thiocarbonyl (C=S) groups is 1. The lowest BCUT2D eigenvalue weighted by molar-refractivity contribution is 0.416. The molecule has 5 heteroatoms. The molecule has 1 rings (SSSR count). The van der Waals surface area contributed by atoms with Gasteiger partial charge in [0.1, 0.15) is 5.75 Å². The van der Waals surface area contributed by atoms with Crippen molar-refractivity contribution in [1.82, 2.24) is 0 Å². The summed E-state index contributed by atoms with van der Waals surface area (Å²) in [6, 6.07) is 3.76. The van der Waals surface area contributed by atoms with E-state index in [1.165, 1.54) is 0 Å². The van der Waals surface area contributed by atoms with Crippen molar-refractivity contribution in [1.29, 1.82) is 0 Å². The highest BCUT2D eigenvalue weighted by molar-refractivity contribution is 9.10. The lowest BCUT2D eigenvalue weighted by Crippen LogP contribution is -2.20. The van der Waals surface area contributed by atoms with E-state index in [2.05, 4.69) is 21.2 Å². The number of ether oxygens (including phenoxy) is 1. The Morgan fingerprint density at radius 2 is 2.21 bits per heavy atom. The molecule has 76 valence electrons. The predicted octanol–water partition coefficient (Wildman–Crippen LogP) is 2.42. The normalized spacial score (nSPS) is 9.64. The van der Waals surface area contributed by atoms with E-state index < -0.39 is 0 Å². The van der Waals surface area contributed by atoms with Crippen molar-refractivity contribution >= 4 is 38.9 Å². The predicted molar refractivity (Wildman–Crippen MR) is 65.8 cm³/mol. The zero-order chi connectivity index (χ0) is 10.7. The molecule has 3 N–H and O–H groups in total. The molecule has 0 heterocycles. The summed E-state index contributed by atoms with van der Waals surface area (Å²) in [6.07, 6.45) is 0. The van der Waals surface area contributed by atoms with Gasteiger partial charge in [0.15, 0.2) is 5.11 Å². The van der Waals surface area contributed by atoms with Crippen molar-refractivity contribution in [2.75, 3.05) is 12.4 Å². The smallest absolute Gasteiger partial charge is 0.168 e. The number of rotatable bonds is 2. The molecule has 0 unspecified atom stereocenters. The lowest BCUT2D eigenvalue weighted by atomic mass is 10.2. The first-order chi connectivity index (χ1) is 6.56. The lowest BCUT2D eigenvalue weighted by Gasteiger charge is -2.13. The molecule has 0 atom stereocenters. The van der Waals surface area contributed by atoms with E-state index >= 15 is 0 Å². The molecule has 3 nitrogen and oxygen atoms in total. The summed E-state index contributed by atoms with van der Waals surface area (Å²) >= 11 is 8.20. The Kier molecular flexibility index (Phi) is 3.71. The first kappa shape index (κ1) is 11.3. The fourth-order valence-corrected chi connectivity index (χ4v) is 1.54. The van der Waals surface area contributed by atoms with Gasteiger partial charge in [0.2, 0.25) is 0 Å². The molecule has 14 heavy (non-hydrogen) atoms. The third-order valence-corrected chi connectivity index (χ3v) is 2.79. The third-order valence-electron chi connectivity index (χ3n) is 1.83. The summed E-state index contributed by atoms with van der Waals surface area (Å²) in [5, 5.41) is 3.11. The first-order valence-corrected chi connectivity index (χ1v) is 5.16. The van der Waals surface area contributed by atoms with Crippen LogP contribution in [0.3, 0.4) is 0 Å². The number of nitrogens with two attached hydrogens (primary N) is 1. The van der Waals surface area contributed by atoms with Gasteiger partial charge in [-0.05, 0) is 36.8 Å². The Morgan fingerprint density at radius 1 is 1.57 bits per heavy atom. The third kappa shape index (κ3) is 2.36. The van der Waals surface area contributed by atoms with Crippen LogP contribution in [0.1, 0.15) is 5.56 Å². The monoisotopic (exact) mass is 274 g/mol. The van der Waals surface area contributed by atoms with Gasteiger partial charge in [-0.1, -0.05) is 15.9 Å². The largest absolute Gasteiger partial charge is 0.495 e. The molecule has 0 saturated carbocycles. The first-order valence-electron chi connectivity index (χ1n) is 3.95. The zero-order valence-electron chi connectivity index (χ0n) is 7.93. The molecule has 1 aromatic carbocycles. The summed E-state index contributed by atoms with van der Waals surface area (Å²) in [5.41, 5.74) is 7.23. The van der Waals surface area contributed by atoms with E-state index in [0.717, 1.165) is 21.5 Å².